The number of hydrazine groups is 2. The van der Waals surface area contributed by atoms with Crippen molar-refractivity contribution in [2.24, 2.45) is 11.8 Å². The molecule has 2 fully saturated rings. The van der Waals surface area contributed by atoms with Crippen LogP contribution < -0.4 is 46.2 Å². The number of ether oxygens (including phenoxy) is 4. The number of amides is 2. The SMILES string of the molecule is NN1CCC(NC(=O)COc2ccc(Cl)c(F)c2)CC1.O=C(COc1ccc(Cl)c(F)c1)CC1CCN(NC(=O)C2CNc3cc(Cl)ccc3O2)CC1.O=C(O)C1CNc2cc(Cl)ccc2O1. The molecule has 2 unspecified atom stereocenters. The third-order valence-corrected chi connectivity index (χ3v) is 11.9. The summed E-state index contributed by atoms with van der Waals surface area (Å²) in [6.45, 7) is 3.13. The number of carbonyl (C=O) groups excluding carboxylic acids is 3. The van der Waals surface area contributed by atoms with Crippen LogP contribution in [0.1, 0.15) is 32.1 Å². The van der Waals surface area contributed by atoms with Gasteiger partial charge >= 0.3 is 5.97 Å². The lowest BCUT2D eigenvalue weighted by Crippen LogP contribution is -2.53. The van der Waals surface area contributed by atoms with Gasteiger partial charge in [-0.3, -0.25) is 25.7 Å². The molecule has 360 valence electrons. The minimum atomic E-state index is -0.974. The fourth-order valence-electron chi connectivity index (χ4n) is 7.18. The van der Waals surface area contributed by atoms with Gasteiger partial charge in [0.15, 0.2) is 18.5 Å². The highest BCUT2D eigenvalue weighted by molar-refractivity contribution is 6.31. The number of carboxylic acids is 1. The summed E-state index contributed by atoms with van der Waals surface area (Å²) in [5, 5.41) is 22.5. The number of carbonyl (C=O) groups is 4. The highest BCUT2D eigenvalue weighted by Crippen LogP contribution is 2.33. The number of rotatable bonds is 12. The monoisotopic (exact) mass is 1010 g/mol. The summed E-state index contributed by atoms with van der Waals surface area (Å²) in [6, 6.07) is 18.5. The third kappa shape index (κ3) is 15.9. The summed E-state index contributed by atoms with van der Waals surface area (Å²) in [5.74, 6) is 4.88. The number of benzene rings is 4. The first-order valence-electron chi connectivity index (χ1n) is 21.2. The van der Waals surface area contributed by atoms with Gasteiger partial charge in [0.2, 0.25) is 6.10 Å². The molecule has 0 bridgehead atoms. The number of Topliss-reactive ketones (excluding diaryl/α,β-unsaturated/α-hetero) is 1. The standard InChI is InChI=1S/C23H24Cl2FN3O4.C13H17ClFN3O2.C9H8ClNO3/c24-15-1-4-21-20(10-15)27-12-22(33-21)23(31)28-29-7-5-14(6-8-29)9-16(30)13-32-17-2-3-18(25)19(26)11-17;14-11-2-1-10(7-12(11)15)20-8-13(19)17-9-3-5-18(16)6-4-9;10-5-1-2-7-6(3-5)11-4-8(14-7)9(12)13/h1-4,10-11,14,22,27H,5-9,12-13H2,(H,28,31);1-2,7,9H,3-6,8,16H2,(H,17,19);1-3,8,11H,4H2,(H,12,13). The zero-order valence-electron chi connectivity index (χ0n) is 35.9. The van der Waals surface area contributed by atoms with Gasteiger partial charge in [-0.2, -0.15) is 0 Å². The van der Waals surface area contributed by atoms with E-state index in [1.54, 1.807) is 41.4 Å². The molecule has 4 aliphatic heterocycles. The van der Waals surface area contributed by atoms with Crippen LogP contribution in [-0.4, -0.2) is 109 Å². The molecule has 16 nitrogen and oxygen atoms in total. The van der Waals surface area contributed by atoms with E-state index in [9.17, 15) is 28.0 Å². The summed E-state index contributed by atoms with van der Waals surface area (Å²) >= 11 is 22.9. The van der Waals surface area contributed by atoms with Gasteiger partial charge in [0, 0.05) is 60.8 Å². The molecule has 4 aromatic carbocycles. The second-order valence-electron chi connectivity index (χ2n) is 15.9. The van der Waals surface area contributed by atoms with Gasteiger partial charge in [0.05, 0.1) is 34.5 Å². The zero-order chi connectivity index (χ0) is 48.0. The van der Waals surface area contributed by atoms with E-state index in [-0.39, 0.29) is 70.9 Å². The Morgan fingerprint density at radius 1 is 0.716 bits per heavy atom. The van der Waals surface area contributed by atoms with Crippen LogP contribution in [0.4, 0.5) is 20.2 Å². The smallest absolute Gasteiger partial charge is 0.346 e. The summed E-state index contributed by atoms with van der Waals surface area (Å²) < 4.78 is 48.3. The number of nitrogens with one attached hydrogen (secondary N) is 4. The Labute approximate surface area is 405 Å². The van der Waals surface area contributed by atoms with Crippen molar-refractivity contribution >= 4 is 81.3 Å². The molecule has 2 atom stereocenters. The van der Waals surface area contributed by atoms with Crippen LogP contribution in [0.2, 0.25) is 20.1 Å². The van der Waals surface area contributed by atoms with Gasteiger partial charge < -0.3 is 40.0 Å². The first kappa shape index (κ1) is 51.1. The van der Waals surface area contributed by atoms with Gasteiger partial charge in [0.25, 0.3) is 11.8 Å². The molecule has 67 heavy (non-hydrogen) atoms. The van der Waals surface area contributed by atoms with Gasteiger partial charge in [-0.25, -0.2) is 23.6 Å². The van der Waals surface area contributed by atoms with Crippen LogP contribution in [0.3, 0.4) is 0 Å². The van der Waals surface area contributed by atoms with Crippen LogP contribution in [0.5, 0.6) is 23.0 Å². The van der Waals surface area contributed by atoms with Crippen molar-refractivity contribution in [2.45, 2.75) is 50.4 Å². The van der Waals surface area contributed by atoms with Crippen molar-refractivity contribution in [1.29, 1.82) is 0 Å². The number of anilines is 2. The van der Waals surface area contributed by atoms with Crippen molar-refractivity contribution in [3.63, 3.8) is 0 Å². The number of carboxylic acid groups (broad SMARTS) is 1. The Balaban J connectivity index is 0.000000184. The number of aliphatic carboxylic acids is 1. The Kier molecular flexibility index (Phi) is 18.8. The van der Waals surface area contributed by atoms with E-state index in [2.05, 4.69) is 21.4 Å². The van der Waals surface area contributed by atoms with E-state index in [1.807, 2.05) is 5.01 Å². The lowest BCUT2D eigenvalue weighted by molar-refractivity contribution is -0.144. The quantitative estimate of drug-likeness (QED) is 0.0792. The number of hydrogen-bond donors (Lipinski definition) is 6. The number of nitrogens with zero attached hydrogens (tertiary/aromatic N) is 2. The normalized spacial score (nSPS) is 18.2. The molecule has 2 saturated heterocycles. The largest absolute Gasteiger partial charge is 0.486 e. The molecule has 0 aliphatic carbocycles. The van der Waals surface area contributed by atoms with Crippen LogP contribution in [0.15, 0.2) is 72.8 Å². The topological polar surface area (TPSA) is 206 Å². The molecule has 4 aliphatic rings. The predicted molar refractivity (Wildman–Crippen MR) is 249 cm³/mol. The molecular weight excluding hydrogens is 962 g/mol. The first-order valence-corrected chi connectivity index (χ1v) is 22.7. The minimum Gasteiger partial charge on any atom is -0.486 e. The van der Waals surface area contributed by atoms with Gasteiger partial charge in [0.1, 0.15) is 41.2 Å². The second-order valence-corrected chi connectivity index (χ2v) is 17.5. The molecule has 4 heterocycles. The molecule has 0 spiro atoms. The summed E-state index contributed by atoms with van der Waals surface area (Å²) in [6.07, 6.45) is 2.08. The van der Waals surface area contributed by atoms with Crippen molar-refractivity contribution in [3.8, 4) is 23.0 Å². The summed E-state index contributed by atoms with van der Waals surface area (Å²) in [7, 11) is 0. The Morgan fingerprint density at radius 3 is 1.78 bits per heavy atom. The predicted octanol–water partition coefficient (Wildman–Crippen LogP) is 7.00. The zero-order valence-corrected chi connectivity index (χ0v) is 38.9. The lowest BCUT2D eigenvalue weighted by atomic mass is 9.92. The molecule has 0 radical (unpaired) electrons. The van der Waals surface area contributed by atoms with Gasteiger partial charge in [-0.1, -0.05) is 46.4 Å². The van der Waals surface area contributed by atoms with Gasteiger partial charge in [-0.05, 0) is 92.3 Å². The molecule has 7 N–H and O–H groups in total. The Bertz CT molecular complexity index is 2380. The summed E-state index contributed by atoms with van der Waals surface area (Å²) in [4.78, 5) is 47.2. The van der Waals surface area contributed by atoms with Gasteiger partial charge in [-0.15, -0.1) is 0 Å². The molecule has 22 heteroatoms. The van der Waals surface area contributed by atoms with E-state index in [1.165, 1.54) is 24.3 Å². The van der Waals surface area contributed by atoms with E-state index in [0.717, 1.165) is 62.3 Å². The van der Waals surface area contributed by atoms with Crippen LogP contribution in [0.25, 0.3) is 0 Å². The average Bonchev–Trinajstić information content (AvgIpc) is 3.31. The van der Waals surface area contributed by atoms with Crippen molar-refractivity contribution in [3.05, 3.63) is 105 Å². The average molecular weight is 1010 g/mol. The molecule has 0 saturated carbocycles. The first-order chi connectivity index (χ1) is 32.1. The molecule has 0 aromatic heterocycles. The molecule has 4 aromatic rings. The molecular formula is C45H49Cl4F2N7O9. The van der Waals surface area contributed by atoms with E-state index in [4.69, 9.17) is 76.3 Å². The maximum atomic E-state index is 13.5. The molecule has 2 amide bonds. The maximum Gasteiger partial charge on any atom is 0.346 e. The number of fused-ring (bicyclic) bond motifs is 2. The molecule has 8 rings (SSSR count). The van der Waals surface area contributed by atoms with Crippen LogP contribution in [0, 0.1) is 17.6 Å². The van der Waals surface area contributed by atoms with E-state index in [0.29, 0.717) is 47.6 Å². The van der Waals surface area contributed by atoms with E-state index < -0.39 is 29.8 Å². The number of ketones is 1. The number of halogens is 6. The third-order valence-electron chi connectivity index (χ3n) is 10.8. The van der Waals surface area contributed by atoms with Crippen molar-refractivity contribution < 1.29 is 52.0 Å². The highest BCUT2D eigenvalue weighted by Gasteiger charge is 2.30. The Hall–Kier alpha value is -5.34. The van der Waals surface area contributed by atoms with Crippen molar-refractivity contribution in [2.75, 3.05) is 63.1 Å². The van der Waals surface area contributed by atoms with Crippen LogP contribution >= 0.6 is 46.4 Å². The minimum absolute atomic E-state index is 0.00793. The Morgan fingerprint density at radius 2 is 1.24 bits per heavy atom. The fourth-order valence-corrected chi connectivity index (χ4v) is 7.76. The number of nitrogens with two attached hydrogens (primary N) is 1. The fraction of sp³-hybridized carbons (Fsp3) is 0.378. The highest BCUT2D eigenvalue weighted by atomic mass is 35.5. The van der Waals surface area contributed by atoms with E-state index >= 15 is 0 Å². The number of piperidine rings is 2. The van der Waals surface area contributed by atoms with Crippen molar-refractivity contribution in [1.82, 2.24) is 20.8 Å². The maximum absolute atomic E-state index is 13.5. The second kappa shape index (κ2) is 24.6. The lowest BCUT2D eigenvalue weighted by Gasteiger charge is -2.34. The summed E-state index contributed by atoms with van der Waals surface area (Å²) in [5.41, 5.74) is 4.41. The van der Waals surface area contributed by atoms with Crippen LogP contribution in [-0.2, 0) is 19.2 Å². The number of hydrogen-bond acceptors (Lipinski definition) is 13.